The molecule has 1 atom stereocenters. The van der Waals surface area contributed by atoms with Gasteiger partial charge in [0.05, 0.1) is 6.20 Å². The first-order valence-electron chi connectivity index (χ1n) is 7.13. The molecule has 0 fully saturated rings. The largest absolute Gasteiger partial charge is 0.480 e. The van der Waals surface area contributed by atoms with Crippen LogP contribution in [0.3, 0.4) is 0 Å². The van der Waals surface area contributed by atoms with E-state index < -0.39 is 23.7 Å². The van der Waals surface area contributed by atoms with Gasteiger partial charge in [0.15, 0.2) is 0 Å². The van der Waals surface area contributed by atoms with Gasteiger partial charge < -0.3 is 10.4 Å². The predicted molar refractivity (Wildman–Crippen MR) is 85.9 cm³/mol. The van der Waals surface area contributed by atoms with E-state index in [-0.39, 0.29) is 10.8 Å². The Labute approximate surface area is 137 Å². The van der Waals surface area contributed by atoms with Gasteiger partial charge in [0.1, 0.15) is 21.7 Å². The van der Waals surface area contributed by atoms with Gasteiger partial charge in [-0.15, -0.1) is 11.3 Å². The lowest BCUT2D eigenvalue weighted by atomic mass is 10.0. The van der Waals surface area contributed by atoms with Crippen molar-refractivity contribution in [2.75, 3.05) is 0 Å². The minimum Gasteiger partial charge on any atom is -0.480 e. The number of benzene rings is 1. The van der Waals surface area contributed by atoms with Crippen LogP contribution in [-0.2, 0) is 4.79 Å². The first kappa shape index (κ1) is 17.1. The molecule has 122 valence electrons. The molecule has 1 amide bonds. The van der Waals surface area contributed by atoms with E-state index in [9.17, 15) is 14.0 Å². The van der Waals surface area contributed by atoms with Crippen LogP contribution in [0, 0.1) is 11.7 Å². The number of aromatic nitrogens is 1. The van der Waals surface area contributed by atoms with Crippen molar-refractivity contribution in [3.63, 3.8) is 0 Å². The Morgan fingerprint density at radius 2 is 2.04 bits per heavy atom. The lowest BCUT2D eigenvalue weighted by molar-refractivity contribution is -0.139. The molecule has 1 aromatic heterocycles. The molecular formula is C16H17FN2O3S. The van der Waals surface area contributed by atoms with Crippen LogP contribution in [0.5, 0.6) is 0 Å². The zero-order valence-electron chi connectivity index (χ0n) is 12.7. The summed E-state index contributed by atoms with van der Waals surface area (Å²) < 4.78 is 13.7. The van der Waals surface area contributed by atoms with Crippen LogP contribution in [0.1, 0.15) is 29.9 Å². The predicted octanol–water partition coefficient (Wildman–Crippen LogP) is 3.18. The quantitative estimate of drug-likeness (QED) is 0.849. The fourth-order valence-corrected chi connectivity index (χ4v) is 2.91. The first-order valence-corrected chi connectivity index (χ1v) is 7.94. The maximum Gasteiger partial charge on any atom is 0.326 e. The molecule has 23 heavy (non-hydrogen) atoms. The second-order valence-corrected chi connectivity index (χ2v) is 6.53. The average molecular weight is 336 g/mol. The van der Waals surface area contributed by atoms with E-state index in [1.54, 1.807) is 18.2 Å². The summed E-state index contributed by atoms with van der Waals surface area (Å²) >= 11 is 1.02. The maximum absolute atomic E-state index is 13.7. The molecule has 1 aromatic carbocycles. The van der Waals surface area contributed by atoms with Crippen molar-refractivity contribution < 1.29 is 19.1 Å². The fourth-order valence-electron chi connectivity index (χ4n) is 2.06. The van der Waals surface area contributed by atoms with Crippen LogP contribution >= 0.6 is 11.3 Å². The molecule has 2 N–H and O–H groups in total. The van der Waals surface area contributed by atoms with Gasteiger partial charge in [-0.2, -0.15) is 0 Å². The zero-order chi connectivity index (χ0) is 17.0. The van der Waals surface area contributed by atoms with E-state index in [1.807, 2.05) is 13.8 Å². The highest BCUT2D eigenvalue weighted by molar-refractivity contribution is 7.16. The smallest absolute Gasteiger partial charge is 0.326 e. The molecule has 2 rings (SSSR count). The number of hydrogen-bond acceptors (Lipinski definition) is 4. The third kappa shape index (κ3) is 4.35. The van der Waals surface area contributed by atoms with Gasteiger partial charge in [-0.3, -0.25) is 4.79 Å². The average Bonchev–Trinajstić information content (AvgIpc) is 2.96. The molecule has 1 unspecified atom stereocenters. The maximum atomic E-state index is 13.7. The van der Waals surface area contributed by atoms with Crippen LogP contribution in [0.4, 0.5) is 4.39 Å². The molecule has 0 spiro atoms. The monoisotopic (exact) mass is 336 g/mol. The highest BCUT2D eigenvalue weighted by Crippen LogP contribution is 2.27. The second-order valence-electron chi connectivity index (χ2n) is 5.50. The number of thiazole rings is 1. The molecule has 0 aliphatic heterocycles. The molecule has 2 aromatic rings. The topological polar surface area (TPSA) is 79.3 Å². The van der Waals surface area contributed by atoms with Crippen molar-refractivity contribution >= 4 is 23.2 Å². The minimum absolute atomic E-state index is 0.131. The molecule has 0 saturated heterocycles. The number of aliphatic carboxylic acids is 1. The fraction of sp³-hybridized carbons (Fsp3) is 0.312. The number of carbonyl (C=O) groups is 2. The zero-order valence-corrected chi connectivity index (χ0v) is 13.6. The third-order valence-corrected chi connectivity index (χ3v) is 4.17. The van der Waals surface area contributed by atoms with Crippen LogP contribution < -0.4 is 5.32 Å². The standard InChI is InChI=1S/C16H17FN2O3S/c1-9(2)7-12(16(21)22)19-14(20)13-8-18-15(23-13)10-5-3-4-6-11(10)17/h3-6,8-9,12H,7H2,1-2H3,(H,19,20)(H,21,22). The second kappa shape index (κ2) is 7.32. The van der Waals surface area contributed by atoms with Crippen LogP contribution in [0.25, 0.3) is 10.6 Å². The molecule has 7 heteroatoms. The van der Waals surface area contributed by atoms with Crippen molar-refractivity contribution in [3.05, 3.63) is 41.2 Å². The Balaban J connectivity index is 2.15. The summed E-state index contributed by atoms with van der Waals surface area (Å²) in [6.07, 6.45) is 1.66. The number of carbonyl (C=O) groups excluding carboxylic acids is 1. The van der Waals surface area contributed by atoms with E-state index in [1.165, 1.54) is 12.3 Å². The summed E-state index contributed by atoms with van der Waals surface area (Å²) in [5, 5.41) is 12.0. The minimum atomic E-state index is -1.08. The van der Waals surface area contributed by atoms with Crippen molar-refractivity contribution in [1.82, 2.24) is 10.3 Å². The highest BCUT2D eigenvalue weighted by atomic mass is 32.1. The molecule has 5 nitrogen and oxygen atoms in total. The van der Waals surface area contributed by atoms with Gasteiger partial charge in [-0.25, -0.2) is 14.2 Å². The summed E-state index contributed by atoms with van der Waals surface area (Å²) in [4.78, 5) is 27.7. The number of rotatable bonds is 6. The van der Waals surface area contributed by atoms with Crippen LogP contribution in [0.2, 0.25) is 0 Å². The number of hydrogen-bond donors (Lipinski definition) is 2. The third-order valence-electron chi connectivity index (χ3n) is 3.14. The van der Waals surface area contributed by atoms with Crippen molar-refractivity contribution in [2.45, 2.75) is 26.3 Å². The summed E-state index contributed by atoms with van der Waals surface area (Å²) in [5.41, 5.74) is 0.313. The van der Waals surface area contributed by atoms with Crippen molar-refractivity contribution in [3.8, 4) is 10.6 Å². The first-order chi connectivity index (χ1) is 10.9. The van der Waals surface area contributed by atoms with Gasteiger partial charge >= 0.3 is 5.97 Å². The Bertz CT molecular complexity index is 715. The Morgan fingerprint density at radius 1 is 1.35 bits per heavy atom. The van der Waals surface area contributed by atoms with Crippen LogP contribution in [-0.4, -0.2) is 28.0 Å². The van der Waals surface area contributed by atoms with E-state index in [0.717, 1.165) is 11.3 Å². The van der Waals surface area contributed by atoms with Gasteiger partial charge in [0.25, 0.3) is 5.91 Å². The molecule has 0 aliphatic rings. The molecule has 0 saturated carbocycles. The summed E-state index contributed by atoms with van der Waals surface area (Å²) in [7, 11) is 0. The highest BCUT2D eigenvalue weighted by Gasteiger charge is 2.23. The van der Waals surface area contributed by atoms with Gasteiger partial charge in [-0.1, -0.05) is 26.0 Å². The lowest BCUT2D eigenvalue weighted by Crippen LogP contribution is -2.41. The molecule has 0 radical (unpaired) electrons. The molecule has 0 aliphatic carbocycles. The number of halogens is 1. The number of carboxylic acids is 1. The Hall–Kier alpha value is -2.28. The van der Waals surface area contributed by atoms with E-state index in [4.69, 9.17) is 5.11 Å². The number of carboxylic acid groups (broad SMARTS) is 1. The van der Waals surface area contributed by atoms with Crippen molar-refractivity contribution in [1.29, 1.82) is 0 Å². The summed E-state index contributed by atoms with van der Waals surface area (Å²) in [6.45, 7) is 3.76. The molecular weight excluding hydrogens is 319 g/mol. The Kier molecular flexibility index (Phi) is 5.44. The lowest BCUT2D eigenvalue weighted by Gasteiger charge is -2.15. The van der Waals surface area contributed by atoms with E-state index in [0.29, 0.717) is 17.0 Å². The molecule has 0 bridgehead atoms. The summed E-state index contributed by atoms with van der Waals surface area (Å²) in [6, 6.07) is 5.20. The van der Waals surface area contributed by atoms with Gasteiger partial charge in [-0.05, 0) is 24.5 Å². The van der Waals surface area contributed by atoms with Gasteiger partial charge in [0, 0.05) is 5.56 Å². The Morgan fingerprint density at radius 3 is 2.65 bits per heavy atom. The van der Waals surface area contributed by atoms with E-state index >= 15 is 0 Å². The number of amides is 1. The van der Waals surface area contributed by atoms with Crippen molar-refractivity contribution in [2.24, 2.45) is 5.92 Å². The number of nitrogens with zero attached hydrogens (tertiary/aromatic N) is 1. The number of nitrogens with one attached hydrogen (secondary N) is 1. The van der Waals surface area contributed by atoms with E-state index in [2.05, 4.69) is 10.3 Å². The normalized spacial score (nSPS) is 12.2. The SMILES string of the molecule is CC(C)CC(NC(=O)c1cnc(-c2ccccc2F)s1)C(=O)O. The summed E-state index contributed by atoms with van der Waals surface area (Å²) in [5.74, 6) is -1.88. The molecule has 1 heterocycles. The van der Waals surface area contributed by atoms with Crippen LogP contribution in [0.15, 0.2) is 30.5 Å². The van der Waals surface area contributed by atoms with Gasteiger partial charge in [0.2, 0.25) is 0 Å².